The lowest BCUT2D eigenvalue weighted by molar-refractivity contribution is -0.140. The molecule has 214 valence electrons. The monoisotopic (exact) mass is 585 g/mol. The zero-order chi connectivity index (χ0) is 29.3. The molecule has 3 aromatic rings. The van der Waals surface area contributed by atoms with Crippen molar-refractivity contribution in [2.45, 2.75) is 44.7 Å². The summed E-state index contributed by atoms with van der Waals surface area (Å²) >= 11 is 6.44. The van der Waals surface area contributed by atoms with E-state index in [0.29, 0.717) is 18.7 Å². The van der Waals surface area contributed by atoms with Crippen molar-refractivity contribution in [2.24, 2.45) is 5.92 Å². The van der Waals surface area contributed by atoms with Gasteiger partial charge in [-0.2, -0.15) is 0 Å². The molecule has 0 aliphatic heterocycles. The molecular weight excluding hydrogens is 550 g/mol. The summed E-state index contributed by atoms with van der Waals surface area (Å²) in [6.45, 7) is 5.75. The van der Waals surface area contributed by atoms with E-state index < -0.39 is 28.5 Å². The molecule has 2 amide bonds. The second-order valence-electron chi connectivity index (χ2n) is 9.71. The number of carbonyl (C=O) groups is 2. The summed E-state index contributed by atoms with van der Waals surface area (Å²) in [5, 5.41) is 3.09. The first kappa shape index (κ1) is 31.0. The van der Waals surface area contributed by atoms with Gasteiger partial charge >= 0.3 is 0 Å². The number of nitrogens with one attached hydrogen (secondary N) is 1. The van der Waals surface area contributed by atoms with Crippen LogP contribution >= 0.6 is 11.6 Å². The normalized spacial score (nSPS) is 12.1. The van der Waals surface area contributed by atoms with Crippen LogP contribution < -0.4 is 14.4 Å². The van der Waals surface area contributed by atoms with Crippen molar-refractivity contribution >= 4 is 39.1 Å². The van der Waals surface area contributed by atoms with Gasteiger partial charge in [-0.25, -0.2) is 8.42 Å². The molecule has 0 fully saturated rings. The Hall–Kier alpha value is -3.56. The topological polar surface area (TPSA) is 96.0 Å². The Kier molecular flexibility index (Phi) is 11.0. The van der Waals surface area contributed by atoms with Crippen molar-refractivity contribution in [1.29, 1.82) is 0 Å². The van der Waals surface area contributed by atoms with Gasteiger partial charge in [-0.05, 0) is 54.3 Å². The maximum atomic E-state index is 14.1. The van der Waals surface area contributed by atoms with Crippen LogP contribution in [0.5, 0.6) is 5.75 Å². The molecule has 0 spiro atoms. The minimum absolute atomic E-state index is 0.0174. The first-order valence-electron chi connectivity index (χ1n) is 13.1. The number of halogens is 1. The van der Waals surface area contributed by atoms with E-state index in [1.54, 1.807) is 67.8 Å². The first-order valence-corrected chi connectivity index (χ1v) is 14.9. The zero-order valence-electron chi connectivity index (χ0n) is 23.2. The molecule has 0 radical (unpaired) electrons. The highest BCUT2D eigenvalue weighted by atomic mass is 35.5. The summed E-state index contributed by atoms with van der Waals surface area (Å²) in [5.41, 5.74) is 0.901. The number of anilines is 1. The number of hydrogen-bond acceptors (Lipinski definition) is 5. The molecule has 8 nitrogen and oxygen atoms in total. The minimum Gasteiger partial charge on any atom is -0.497 e. The molecule has 0 saturated heterocycles. The van der Waals surface area contributed by atoms with E-state index in [0.717, 1.165) is 9.87 Å². The highest BCUT2D eigenvalue weighted by Gasteiger charge is 2.34. The third kappa shape index (κ3) is 7.76. The number of sulfonamides is 1. The fourth-order valence-electron chi connectivity index (χ4n) is 4.20. The SMILES string of the molecule is CC[C@H](C(=O)NCC(C)C)N(Cc1cccc(OC)c1)C(=O)CN(c1ccccc1Cl)S(=O)(=O)c1ccccc1. The van der Waals surface area contributed by atoms with Crippen molar-refractivity contribution in [1.82, 2.24) is 10.2 Å². The average Bonchev–Trinajstić information content (AvgIpc) is 2.95. The first-order chi connectivity index (χ1) is 19.1. The van der Waals surface area contributed by atoms with Gasteiger partial charge in [-0.3, -0.25) is 13.9 Å². The Bertz CT molecular complexity index is 1400. The molecule has 0 aliphatic rings. The van der Waals surface area contributed by atoms with Gasteiger partial charge in [0.1, 0.15) is 18.3 Å². The van der Waals surface area contributed by atoms with Crippen molar-refractivity contribution in [2.75, 3.05) is 24.5 Å². The maximum Gasteiger partial charge on any atom is 0.264 e. The maximum absolute atomic E-state index is 14.1. The highest BCUT2D eigenvalue weighted by molar-refractivity contribution is 7.92. The van der Waals surface area contributed by atoms with Crippen LogP contribution in [-0.4, -0.2) is 51.4 Å². The van der Waals surface area contributed by atoms with E-state index in [1.165, 1.54) is 17.0 Å². The van der Waals surface area contributed by atoms with Gasteiger partial charge in [0.15, 0.2) is 0 Å². The lowest BCUT2D eigenvalue weighted by Gasteiger charge is -2.33. The third-order valence-corrected chi connectivity index (χ3v) is 8.38. The quantitative estimate of drug-likeness (QED) is 0.300. The molecule has 0 unspecified atom stereocenters. The Morgan fingerprint density at radius 3 is 2.27 bits per heavy atom. The van der Waals surface area contributed by atoms with Crippen LogP contribution in [0, 0.1) is 5.92 Å². The molecular formula is C30H36ClN3O5S. The number of nitrogens with zero attached hydrogens (tertiary/aromatic N) is 2. The van der Waals surface area contributed by atoms with Gasteiger partial charge in [0, 0.05) is 13.1 Å². The lowest BCUT2D eigenvalue weighted by atomic mass is 10.1. The standard InChI is InChI=1S/C30H36ClN3O5S/c1-5-27(30(36)32-19-22(2)3)33(20-23-12-11-13-24(18-23)39-4)29(35)21-34(28-17-10-9-16-26(28)31)40(37,38)25-14-7-6-8-15-25/h6-18,22,27H,5,19-21H2,1-4H3,(H,32,36)/t27-/m1/s1. The van der Waals surface area contributed by atoms with E-state index in [-0.39, 0.29) is 34.0 Å². The smallest absolute Gasteiger partial charge is 0.264 e. The van der Waals surface area contributed by atoms with E-state index in [1.807, 2.05) is 26.8 Å². The van der Waals surface area contributed by atoms with E-state index >= 15 is 0 Å². The lowest BCUT2D eigenvalue weighted by Crippen LogP contribution is -2.52. The predicted octanol–water partition coefficient (Wildman–Crippen LogP) is 5.12. The summed E-state index contributed by atoms with van der Waals surface area (Å²) in [6, 6.07) is 20.7. The van der Waals surface area contributed by atoms with Crippen LogP contribution in [0.15, 0.2) is 83.8 Å². The van der Waals surface area contributed by atoms with Crippen molar-refractivity contribution in [3.05, 3.63) is 89.4 Å². The second kappa shape index (κ2) is 14.2. The van der Waals surface area contributed by atoms with Crippen LogP contribution in [0.2, 0.25) is 5.02 Å². The molecule has 0 saturated carbocycles. The second-order valence-corrected chi connectivity index (χ2v) is 12.0. The van der Waals surface area contributed by atoms with Crippen LogP contribution in [0.1, 0.15) is 32.8 Å². The number of methoxy groups -OCH3 is 1. The highest BCUT2D eigenvalue weighted by Crippen LogP contribution is 2.31. The number of ether oxygens (including phenoxy) is 1. The van der Waals surface area contributed by atoms with Gasteiger partial charge in [0.05, 0.1) is 22.7 Å². The van der Waals surface area contributed by atoms with E-state index in [4.69, 9.17) is 16.3 Å². The Balaban J connectivity index is 2.06. The van der Waals surface area contributed by atoms with E-state index in [9.17, 15) is 18.0 Å². The third-order valence-electron chi connectivity index (χ3n) is 6.29. The van der Waals surface area contributed by atoms with Gasteiger partial charge in [-0.1, -0.05) is 74.8 Å². The number of amides is 2. The predicted molar refractivity (Wildman–Crippen MR) is 158 cm³/mol. The number of carbonyl (C=O) groups excluding carboxylic acids is 2. The zero-order valence-corrected chi connectivity index (χ0v) is 24.8. The molecule has 0 bridgehead atoms. The molecule has 3 rings (SSSR count). The van der Waals surface area contributed by atoms with Crippen molar-refractivity contribution in [3.8, 4) is 5.75 Å². The molecule has 10 heteroatoms. The molecule has 0 heterocycles. The summed E-state index contributed by atoms with van der Waals surface area (Å²) in [4.78, 5) is 28.8. The summed E-state index contributed by atoms with van der Waals surface area (Å²) in [5.74, 6) is -0.0290. The average molecular weight is 586 g/mol. The molecule has 1 N–H and O–H groups in total. The summed E-state index contributed by atoms with van der Waals surface area (Å²) in [7, 11) is -2.63. The summed E-state index contributed by atoms with van der Waals surface area (Å²) < 4.78 is 34.0. The number of hydrogen-bond donors (Lipinski definition) is 1. The van der Waals surface area contributed by atoms with Crippen molar-refractivity contribution < 1.29 is 22.7 Å². The Labute approximate surface area is 241 Å². The van der Waals surface area contributed by atoms with Crippen LogP contribution in [0.3, 0.4) is 0 Å². The largest absolute Gasteiger partial charge is 0.497 e. The number of rotatable bonds is 13. The molecule has 1 atom stereocenters. The van der Waals surface area contributed by atoms with Crippen LogP contribution in [0.4, 0.5) is 5.69 Å². The minimum atomic E-state index is -4.18. The van der Waals surface area contributed by atoms with Gasteiger partial charge < -0.3 is 15.0 Å². The van der Waals surface area contributed by atoms with Gasteiger partial charge in [0.2, 0.25) is 11.8 Å². The van der Waals surface area contributed by atoms with E-state index in [2.05, 4.69) is 5.32 Å². The van der Waals surface area contributed by atoms with Crippen LogP contribution in [-0.2, 0) is 26.2 Å². The fourth-order valence-corrected chi connectivity index (χ4v) is 5.94. The fraction of sp³-hybridized carbons (Fsp3) is 0.333. The number of para-hydroxylation sites is 1. The summed E-state index contributed by atoms with van der Waals surface area (Å²) in [6.07, 6.45) is 0.331. The number of benzene rings is 3. The molecule has 0 aliphatic carbocycles. The molecule has 3 aromatic carbocycles. The van der Waals surface area contributed by atoms with Crippen molar-refractivity contribution in [3.63, 3.8) is 0 Å². The van der Waals surface area contributed by atoms with Gasteiger partial charge in [0.25, 0.3) is 10.0 Å². The van der Waals surface area contributed by atoms with Gasteiger partial charge in [-0.15, -0.1) is 0 Å². The Morgan fingerprint density at radius 1 is 0.975 bits per heavy atom. The van der Waals surface area contributed by atoms with Crippen LogP contribution in [0.25, 0.3) is 0 Å². The Morgan fingerprint density at radius 2 is 1.65 bits per heavy atom. The molecule has 40 heavy (non-hydrogen) atoms. The molecule has 0 aromatic heterocycles.